The zero-order valence-corrected chi connectivity index (χ0v) is 13.0. The zero-order valence-electron chi connectivity index (χ0n) is 11.3. The maximum Gasteiger partial charge on any atom is 0.265 e. The maximum atomic E-state index is 12.4. The molecule has 0 aliphatic heterocycles. The number of thiophene rings is 1. The van der Waals surface area contributed by atoms with Crippen LogP contribution in [0, 0.1) is 0 Å². The van der Waals surface area contributed by atoms with Gasteiger partial charge in [0.15, 0.2) is 0 Å². The Hall–Kier alpha value is -1.06. The summed E-state index contributed by atoms with van der Waals surface area (Å²) in [7, 11) is -1.08. The van der Waals surface area contributed by atoms with Gasteiger partial charge in [0, 0.05) is 20.6 Å². The van der Waals surface area contributed by atoms with E-state index in [1.807, 2.05) is 0 Å². The van der Waals surface area contributed by atoms with Crippen molar-refractivity contribution in [2.75, 3.05) is 27.2 Å². The number of halogens is 2. The van der Waals surface area contributed by atoms with Gasteiger partial charge < -0.3 is 4.90 Å². The third-order valence-electron chi connectivity index (χ3n) is 2.61. The van der Waals surface area contributed by atoms with E-state index in [-0.39, 0.29) is 16.3 Å². The lowest BCUT2D eigenvalue weighted by molar-refractivity contribution is 0.0570. The van der Waals surface area contributed by atoms with E-state index in [0.29, 0.717) is 0 Å². The highest BCUT2D eigenvalue weighted by Gasteiger charge is 2.29. The molecule has 5 nitrogen and oxygen atoms in total. The molecule has 0 bridgehead atoms. The molecule has 0 saturated heterocycles. The predicted octanol–water partition coefficient (Wildman–Crippen LogP) is 1.73. The largest absolute Gasteiger partial charge is 0.332 e. The monoisotopic (exact) mass is 326 g/mol. The lowest BCUT2D eigenvalue weighted by Crippen LogP contribution is -2.35. The van der Waals surface area contributed by atoms with Gasteiger partial charge in [-0.1, -0.05) is 0 Å². The van der Waals surface area contributed by atoms with Gasteiger partial charge >= 0.3 is 0 Å². The Labute approximate surface area is 120 Å². The number of amides is 1. The van der Waals surface area contributed by atoms with E-state index in [1.54, 1.807) is 6.92 Å². The van der Waals surface area contributed by atoms with E-state index in [2.05, 4.69) is 0 Å². The number of sulfonamides is 1. The Bertz CT molecular complexity index is 570. The minimum Gasteiger partial charge on any atom is -0.332 e. The number of hydrogen-bond donors (Lipinski definition) is 0. The van der Waals surface area contributed by atoms with Crippen LogP contribution in [0.4, 0.5) is 8.78 Å². The molecule has 1 heterocycles. The number of nitrogens with zero attached hydrogens (tertiary/aromatic N) is 2. The highest BCUT2D eigenvalue weighted by molar-refractivity contribution is 7.89. The number of carbonyl (C=O) groups is 1. The average Bonchev–Trinajstić information content (AvgIpc) is 2.84. The number of rotatable bonds is 6. The van der Waals surface area contributed by atoms with E-state index in [1.165, 1.54) is 25.5 Å². The highest BCUT2D eigenvalue weighted by atomic mass is 32.2. The molecule has 114 valence electrons. The molecule has 0 spiro atoms. The van der Waals surface area contributed by atoms with Gasteiger partial charge in [-0.2, -0.15) is 0 Å². The average molecular weight is 326 g/mol. The van der Waals surface area contributed by atoms with Crippen LogP contribution in [0.5, 0.6) is 0 Å². The van der Waals surface area contributed by atoms with E-state index in [9.17, 15) is 22.0 Å². The van der Waals surface area contributed by atoms with Gasteiger partial charge in [0.2, 0.25) is 10.0 Å². The summed E-state index contributed by atoms with van der Waals surface area (Å²) in [5.74, 6) is -0.691. The van der Waals surface area contributed by atoms with Crippen LogP contribution in [0.15, 0.2) is 16.3 Å². The fraction of sp³-hybridized carbons (Fsp3) is 0.545. The Kier molecular flexibility index (Phi) is 5.60. The van der Waals surface area contributed by atoms with Crippen LogP contribution in [0.25, 0.3) is 0 Å². The first-order valence-electron chi connectivity index (χ1n) is 5.79. The molecule has 0 fully saturated rings. The van der Waals surface area contributed by atoms with Crippen molar-refractivity contribution in [2.24, 2.45) is 0 Å². The number of carbonyl (C=O) groups excluding carboxylic acids is 1. The van der Waals surface area contributed by atoms with Gasteiger partial charge in [-0.3, -0.25) is 4.79 Å². The van der Waals surface area contributed by atoms with Crippen LogP contribution in [0.3, 0.4) is 0 Å². The summed E-state index contributed by atoms with van der Waals surface area (Å²) >= 11 is 0.931. The molecule has 1 amide bonds. The third kappa shape index (κ3) is 3.53. The molecule has 1 aromatic rings. The minimum atomic E-state index is -3.77. The van der Waals surface area contributed by atoms with Crippen LogP contribution in [0.1, 0.15) is 16.6 Å². The van der Waals surface area contributed by atoms with Crippen molar-refractivity contribution in [1.29, 1.82) is 0 Å². The number of alkyl halides is 2. The summed E-state index contributed by atoms with van der Waals surface area (Å²) in [6.45, 7) is 0.936. The van der Waals surface area contributed by atoms with Crippen LogP contribution in [-0.2, 0) is 10.0 Å². The van der Waals surface area contributed by atoms with Gasteiger partial charge in [0.1, 0.15) is 9.77 Å². The molecule has 20 heavy (non-hydrogen) atoms. The Morgan fingerprint density at radius 2 is 2.00 bits per heavy atom. The van der Waals surface area contributed by atoms with Crippen molar-refractivity contribution in [3.05, 3.63) is 16.3 Å². The summed E-state index contributed by atoms with van der Waals surface area (Å²) in [4.78, 5) is 12.9. The third-order valence-corrected chi connectivity index (χ3v) is 5.50. The van der Waals surface area contributed by atoms with Crippen LogP contribution < -0.4 is 0 Å². The van der Waals surface area contributed by atoms with Crippen molar-refractivity contribution >= 4 is 27.3 Å². The smallest absolute Gasteiger partial charge is 0.265 e. The maximum absolute atomic E-state index is 12.4. The standard InChI is InChI=1S/C11H16F2N2O3S2/c1-4-15(7-9(12)13)11(16)10-8(5-6-19-10)20(17,18)14(2)3/h5-6,9H,4,7H2,1-3H3. The van der Waals surface area contributed by atoms with Gasteiger partial charge in [-0.05, 0) is 18.4 Å². The van der Waals surface area contributed by atoms with Crippen LogP contribution in [-0.4, -0.2) is 57.1 Å². The lowest BCUT2D eigenvalue weighted by atomic mass is 10.4. The van der Waals surface area contributed by atoms with Gasteiger partial charge in [0.25, 0.3) is 12.3 Å². The molecule has 9 heteroatoms. The summed E-state index contributed by atoms with van der Waals surface area (Å²) in [6.07, 6.45) is -2.66. The summed E-state index contributed by atoms with van der Waals surface area (Å²) in [5.41, 5.74) is 0. The normalized spacial score (nSPS) is 12.2. The molecular formula is C11H16F2N2O3S2. The topological polar surface area (TPSA) is 57.7 Å². The zero-order chi connectivity index (χ0) is 15.5. The molecular weight excluding hydrogens is 310 g/mol. The van der Waals surface area contributed by atoms with Crippen molar-refractivity contribution in [2.45, 2.75) is 18.2 Å². The Balaban J connectivity index is 3.16. The summed E-state index contributed by atoms with van der Waals surface area (Å²) in [5, 5.41) is 1.46. The fourth-order valence-electron chi connectivity index (χ4n) is 1.52. The minimum absolute atomic E-state index is 0.0406. The van der Waals surface area contributed by atoms with Crippen LogP contribution >= 0.6 is 11.3 Å². The molecule has 0 radical (unpaired) electrons. The molecule has 0 N–H and O–H groups in total. The Morgan fingerprint density at radius 1 is 1.40 bits per heavy atom. The van der Waals surface area contributed by atoms with Crippen LogP contribution in [0.2, 0.25) is 0 Å². The lowest BCUT2D eigenvalue weighted by Gasteiger charge is -2.20. The quantitative estimate of drug-likeness (QED) is 0.800. The molecule has 1 rings (SSSR count). The van der Waals surface area contributed by atoms with Crippen molar-refractivity contribution < 1.29 is 22.0 Å². The molecule has 0 unspecified atom stereocenters. The van der Waals surface area contributed by atoms with Crippen molar-refractivity contribution in [3.63, 3.8) is 0 Å². The predicted molar refractivity (Wildman–Crippen MR) is 72.8 cm³/mol. The summed E-state index contributed by atoms with van der Waals surface area (Å²) < 4.78 is 50.0. The molecule has 1 aromatic heterocycles. The first-order chi connectivity index (χ1) is 9.21. The fourth-order valence-corrected chi connectivity index (χ4v) is 3.77. The molecule has 0 atom stereocenters. The Morgan fingerprint density at radius 3 is 2.45 bits per heavy atom. The number of hydrogen-bond acceptors (Lipinski definition) is 4. The van der Waals surface area contributed by atoms with Gasteiger partial charge in [-0.15, -0.1) is 11.3 Å². The van der Waals surface area contributed by atoms with Gasteiger partial charge in [-0.25, -0.2) is 21.5 Å². The second-order valence-electron chi connectivity index (χ2n) is 4.14. The molecule has 0 aromatic carbocycles. The van der Waals surface area contributed by atoms with Gasteiger partial charge in [0.05, 0.1) is 6.54 Å². The van der Waals surface area contributed by atoms with E-state index >= 15 is 0 Å². The van der Waals surface area contributed by atoms with Crippen molar-refractivity contribution in [1.82, 2.24) is 9.21 Å². The van der Waals surface area contributed by atoms with E-state index in [0.717, 1.165) is 20.5 Å². The SMILES string of the molecule is CCN(CC(F)F)C(=O)c1sccc1S(=O)(=O)N(C)C. The first-order valence-corrected chi connectivity index (χ1v) is 8.11. The highest BCUT2D eigenvalue weighted by Crippen LogP contribution is 2.25. The van der Waals surface area contributed by atoms with E-state index < -0.39 is 28.9 Å². The summed E-state index contributed by atoms with van der Waals surface area (Å²) in [6, 6.07) is 1.31. The second-order valence-corrected chi connectivity index (χ2v) is 7.17. The van der Waals surface area contributed by atoms with E-state index in [4.69, 9.17) is 0 Å². The second kappa shape index (κ2) is 6.59. The first kappa shape index (κ1) is 17.0. The molecule has 0 saturated carbocycles. The molecule has 0 aliphatic rings. The van der Waals surface area contributed by atoms with Crippen molar-refractivity contribution in [3.8, 4) is 0 Å². The molecule has 0 aliphatic carbocycles.